The molecule has 1 aromatic carbocycles. The van der Waals surface area contributed by atoms with Crippen LogP contribution in [0.5, 0.6) is 0 Å². The van der Waals surface area contributed by atoms with E-state index in [0.717, 1.165) is 6.42 Å². The van der Waals surface area contributed by atoms with Crippen LogP contribution in [0.3, 0.4) is 0 Å². The first-order valence-corrected chi connectivity index (χ1v) is 12.0. The van der Waals surface area contributed by atoms with Crippen molar-refractivity contribution in [3.63, 3.8) is 0 Å². The Kier molecular flexibility index (Phi) is 7.14. The van der Waals surface area contributed by atoms with E-state index in [2.05, 4.69) is 17.6 Å². The molecule has 2 heterocycles. The van der Waals surface area contributed by atoms with Gasteiger partial charge in [-0.15, -0.1) is 0 Å². The number of nitrogens with one attached hydrogen (secondary N) is 2. The third-order valence-corrected chi connectivity index (χ3v) is 7.23. The summed E-state index contributed by atoms with van der Waals surface area (Å²) < 4.78 is 20.5. The molecule has 0 spiro atoms. The first-order chi connectivity index (χ1) is 17.1. The number of piperidine rings is 1. The van der Waals surface area contributed by atoms with E-state index in [9.17, 15) is 23.6 Å². The number of anilines is 1. The van der Waals surface area contributed by atoms with Gasteiger partial charge in [0.25, 0.3) is 11.5 Å². The van der Waals surface area contributed by atoms with Gasteiger partial charge in [0.05, 0.1) is 12.8 Å². The first-order valence-electron chi connectivity index (χ1n) is 12.0. The largest absolute Gasteiger partial charge is 0.465 e. The number of hydrogen-bond acceptors (Lipinski definition) is 6. The molecule has 0 radical (unpaired) electrons. The van der Waals surface area contributed by atoms with Crippen molar-refractivity contribution < 1.29 is 23.5 Å². The number of esters is 1. The van der Waals surface area contributed by atoms with E-state index >= 15 is 0 Å². The van der Waals surface area contributed by atoms with Crippen molar-refractivity contribution >= 4 is 23.5 Å². The predicted octanol–water partition coefficient (Wildman–Crippen LogP) is 1.85. The average molecular weight is 499 g/mol. The highest BCUT2D eigenvalue weighted by Gasteiger charge is 2.51. The number of nitrogens with zero attached hydrogens (tertiary/aromatic N) is 2. The van der Waals surface area contributed by atoms with E-state index in [0.29, 0.717) is 38.2 Å². The fourth-order valence-electron chi connectivity index (χ4n) is 4.70. The van der Waals surface area contributed by atoms with Crippen LogP contribution in [0, 0.1) is 17.7 Å². The van der Waals surface area contributed by atoms with Crippen molar-refractivity contribution in [2.75, 3.05) is 31.6 Å². The summed E-state index contributed by atoms with van der Waals surface area (Å²) in [6.45, 7) is 3.71. The SMILES string of the molecule is COC(=O)c1c(F)cccc1N1CCC(CNC(=O)C2(NC(=O)c3ccn(C)c(=O)c3)CC2)C(C)C1. The van der Waals surface area contributed by atoms with Gasteiger partial charge >= 0.3 is 5.97 Å². The standard InChI is InChI=1S/C26H31FN4O5/c1-16-15-31(20-6-4-5-19(27)22(20)24(34)36-3)12-8-18(16)14-28-25(35)26(9-10-26)29-23(33)17-7-11-30(2)21(32)13-17/h4-7,11,13,16,18H,8-10,12,14-15H2,1-3H3,(H,28,35)(H,29,33). The molecule has 1 aromatic heterocycles. The highest BCUT2D eigenvalue weighted by molar-refractivity contribution is 6.00. The van der Waals surface area contributed by atoms with Gasteiger partial charge in [-0.25, -0.2) is 9.18 Å². The molecule has 2 fully saturated rings. The zero-order chi connectivity index (χ0) is 26.0. The molecule has 192 valence electrons. The molecule has 2 aromatic rings. The van der Waals surface area contributed by atoms with Crippen LogP contribution in [-0.2, 0) is 16.6 Å². The predicted molar refractivity (Wildman–Crippen MR) is 131 cm³/mol. The van der Waals surface area contributed by atoms with Crippen molar-refractivity contribution in [1.82, 2.24) is 15.2 Å². The van der Waals surface area contributed by atoms with Crippen molar-refractivity contribution in [2.45, 2.75) is 31.7 Å². The molecule has 0 bridgehead atoms. The lowest BCUT2D eigenvalue weighted by atomic mass is 9.86. The minimum absolute atomic E-state index is 0.0679. The minimum atomic E-state index is -0.945. The lowest BCUT2D eigenvalue weighted by Crippen LogP contribution is -2.51. The van der Waals surface area contributed by atoms with Gasteiger partial charge in [-0.1, -0.05) is 13.0 Å². The molecule has 1 saturated heterocycles. The number of ether oxygens (including phenoxy) is 1. The van der Waals surface area contributed by atoms with Crippen molar-refractivity contribution in [3.8, 4) is 0 Å². The Morgan fingerprint density at radius 3 is 2.61 bits per heavy atom. The molecule has 2 unspecified atom stereocenters. The quantitative estimate of drug-likeness (QED) is 0.564. The fourth-order valence-corrected chi connectivity index (χ4v) is 4.70. The van der Waals surface area contributed by atoms with Crippen molar-refractivity contribution in [3.05, 3.63) is 63.8 Å². The van der Waals surface area contributed by atoms with Gasteiger partial charge in [0.1, 0.15) is 16.9 Å². The molecule has 2 N–H and O–H groups in total. The van der Waals surface area contributed by atoms with Gasteiger partial charge in [0.15, 0.2) is 0 Å². The van der Waals surface area contributed by atoms with Crippen LogP contribution in [0.25, 0.3) is 0 Å². The molecule has 4 rings (SSSR count). The van der Waals surface area contributed by atoms with Crippen LogP contribution in [0.1, 0.15) is 46.9 Å². The molecular weight excluding hydrogens is 467 g/mol. The van der Waals surface area contributed by atoms with E-state index in [4.69, 9.17) is 4.74 Å². The molecule has 2 aliphatic rings. The summed E-state index contributed by atoms with van der Waals surface area (Å²) in [4.78, 5) is 51.5. The molecule has 9 nitrogen and oxygen atoms in total. The number of rotatable bonds is 7. The van der Waals surface area contributed by atoms with E-state index in [1.54, 1.807) is 25.2 Å². The van der Waals surface area contributed by atoms with Crippen LogP contribution in [0.4, 0.5) is 10.1 Å². The molecular formula is C26H31FN4O5. The molecule has 1 aliphatic carbocycles. The fraction of sp³-hybridized carbons (Fsp3) is 0.462. The number of halogens is 1. The summed E-state index contributed by atoms with van der Waals surface area (Å²) in [5.41, 5.74) is -0.580. The highest BCUT2D eigenvalue weighted by atomic mass is 19.1. The Balaban J connectivity index is 1.34. The number of methoxy groups -OCH3 is 1. The zero-order valence-corrected chi connectivity index (χ0v) is 20.7. The Morgan fingerprint density at radius 1 is 1.22 bits per heavy atom. The van der Waals surface area contributed by atoms with Gasteiger partial charge in [0, 0.05) is 44.5 Å². The molecule has 1 saturated carbocycles. The number of pyridine rings is 1. The minimum Gasteiger partial charge on any atom is -0.465 e. The molecule has 10 heteroatoms. The van der Waals surface area contributed by atoms with Gasteiger partial charge in [-0.05, 0) is 49.3 Å². The second kappa shape index (κ2) is 10.1. The number of aryl methyl sites for hydroxylation is 1. The van der Waals surface area contributed by atoms with Crippen LogP contribution in [0.15, 0.2) is 41.3 Å². The number of aromatic nitrogens is 1. The molecule has 1 aliphatic heterocycles. The Bertz CT molecular complexity index is 1240. The maximum absolute atomic E-state index is 14.4. The molecule has 2 atom stereocenters. The Labute approximate surface area is 208 Å². The van der Waals surface area contributed by atoms with Crippen LogP contribution < -0.4 is 21.1 Å². The summed E-state index contributed by atoms with van der Waals surface area (Å²) in [7, 11) is 2.83. The second-order valence-electron chi connectivity index (χ2n) is 9.71. The van der Waals surface area contributed by atoms with E-state index in [-0.39, 0.29) is 34.4 Å². The number of benzene rings is 1. The van der Waals surface area contributed by atoms with Crippen molar-refractivity contribution in [2.24, 2.45) is 18.9 Å². The normalized spacial score (nSPS) is 20.4. The van der Waals surface area contributed by atoms with Crippen LogP contribution >= 0.6 is 0 Å². The van der Waals surface area contributed by atoms with Gasteiger partial charge in [0.2, 0.25) is 5.91 Å². The Hall–Kier alpha value is -3.69. The topological polar surface area (TPSA) is 110 Å². The van der Waals surface area contributed by atoms with Crippen LogP contribution in [0.2, 0.25) is 0 Å². The lowest BCUT2D eigenvalue weighted by Gasteiger charge is -2.39. The van der Waals surface area contributed by atoms with E-state index in [1.165, 1.54) is 30.0 Å². The maximum atomic E-state index is 14.4. The molecule has 2 amide bonds. The summed E-state index contributed by atoms with van der Waals surface area (Å²) in [6, 6.07) is 7.33. The number of carbonyl (C=O) groups excluding carboxylic acids is 3. The number of hydrogen-bond donors (Lipinski definition) is 2. The Morgan fingerprint density at radius 2 is 1.97 bits per heavy atom. The molecule has 36 heavy (non-hydrogen) atoms. The number of amides is 2. The van der Waals surface area contributed by atoms with Gasteiger partial charge in [-0.3, -0.25) is 14.4 Å². The van der Waals surface area contributed by atoms with E-state index in [1.807, 2.05) is 4.90 Å². The van der Waals surface area contributed by atoms with Gasteiger partial charge < -0.3 is 24.8 Å². The van der Waals surface area contributed by atoms with Crippen molar-refractivity contribution in [1.29, 1.82) is 0 Å². The van der Waals surface area contributed by atoms with E-state index < -0.39 is 23.2 Å². The maximum Gasteiger partial charge on any atom is 0.342 e. The van der Waals surface area contributed by atoms with Crippen LogP contribution in [-0.4, -0.2) is 54.6 Å². The number of carbonyl (C=O) groups is 3. The summed E-state index contributed by atoms with van der Waals surface area (Å²) >= 11 is 0. The summed E-state index contributed by atoms with van der Waals surface area (Å²) in [5, 5.41) is 5.79. The lowest BCUT2D eigenvalue weighted by molar-refractivity contribution is -0.124. The summed E-state index contributed by atoms with van der Waals surface area (Å²) in [5.74, 6) is -1.65. The first kappa shape index (κ1) is 25.4. The second-order valence-corrected chi connectivity index (χ2v) is 9.71. The monoisotopic (exact) mass is 498 g/mol. The summed E-state index contributed by atoms with van der Waals surface area (Å²) in [6.07, 6.45) is 3.34. The zero-order valence-electron chi connectivity index (χ0n) is 20.7. The third kappa shape index (κ3) is 5.12. The van der Waals surface area contributed by atoms with Gasteiger partial charge in [-0.2, -0.15) is 0 Å². The smallest absolute Gasteiger partial charge is 0.342 e. The highest BCUT2D eigenvalue weighted by Crippen LogP contribution is 2.36. The third-order valence-electron chi connectivity index (χ3n) is 7.23. The average Bonchev–Trinajstić information content (AvgIpc) is 3.64.